The van der Waals surface area contributed by atoms with Gasteiger partial charge in [-0.1, -0.05) is 30.3 Å². The first kappa shape index (κ1) is 18.1. The molecular weight excluding hydrogens is 334 g/mol. The van der Waals surface area contributed by atoms with Gasteiger partial charge in [-0.05, 0) is 62.6 Å². The second kappa shape index (κ2) is 7.73. The molecule has 3 atom stereocenters. The van der Waals surface area contributed by atoms with Gasteiger partial charge >= 0.3 is 0 Å². The summed E-state index contributed by atoms with van der Waals surface area (Å²) in [7, 11) is 0. The van der Waals surface area contributed by atoms with Gasteiger partial charge in [0.1, 0.15) is 0 Å². The number of hydrogen-bond donors (Lipinski definition) is 2. The number of benzene rings is 2. The zero-order valence-corrected chi connectivity index (χ0v) is 16.2. The molecule has 2 aromatic rings. The lowest BCUT2D eigenvalue weighted by Crippen LogP contribution is -2.42. The van der Waals surface area contributed by atoms with E-state index in [2.05, 4.69) is 53.1 Å². The standard InChI is InChI=1S/C23H29N3O/c1-3-26(4-2)23(27)17-12-13-20-19(15-17)22-18(11-8-14-24-22)21(25-20)16-9-6-5-7-10-16/h5-7,9-10,12-13,15,18,21-22,24-25H,3-4,8,11,14H2,1-2H3. The largest absolute Gasteiger partial charge is 0.378 e. The van der Waals surface area contributed by atoms with Crippen LogP contribution in [-0.4, -0.2) is 30.4 Å². The Morgan fingerprint density at radius 2 is 1.85 bits per heavy atom. The van der Waals surface area contributed by atoms with Crippen molar-refractivity contribution in [3.63, 3.8) is 0 Å². The van der Waals surface area contributed by atoms with Crippen LogP contribution in [0.3, 0.4) is 0 Å². The molecule has 0 aromatic heterocycles. The molecule has 4 rings (SSSR count). The predicted octanol–water partition coefficient (Wildman–Crippen LogP) is 4.38. The highest BCUT2D eigenvalue weighted by molar-refractivity contribution is 5.95. The maximum absolute atomic E-state index is 12.8. The fraction of sp³-hybridized carbons (Fsp3) is 0.435. The molecule has 1 saturated heterocycles. The Bertz CT molecular complexity index is 801. The highest BCUT2D eigenvalue weighted by atomic mass is 16.2. The minimum atomic E-state index is 0.125. The van der Waals surface area contributed by atoms with E-state index in [4.69, 9.17) is 0 Å². The molecule has 4 nitrogen and oxygen atoms in total. The number of piperidine rings is 1. The molecule has 2 heterocycles. The Morgan fingerprint density at radius 1 is 1.07 bits per heavy atom. The number of nitrogens with zero attached hydrogens (tertiary/aromatic N) is 1. The second-order valence-electron chi connectivity index (χ2n) is 7.55. The summed E-state index contributed by atoms with van der Waals surface area (Å²) >= 11 is 0. The topological polar surface area (TPSA) is 44.4 Å². The van der Waals surface area contributed by atoms with Gasteiger partial charge in [-0.25, -0.2) is 0 Å². The summed E-state index contributed by atoms with van der Waals surface area (Å²) < 4.78 is 0. The number of amides is 1. The Labute approximate surface area is 162 Å². The van der Waals surface area contributed by atoms with Crippen molar-refractivity contribution < 1.29 is 4.79 Å². The summed E-state index contributed by atoms with van der Waals surface area (Å²) in [6.07, 6.45) is 2.39. The van der Waals surface area contributed by atoms with Crippen LogP contribution >= 0.6 is 0 Å². The fourth-order valence-electron chi connectivity index (χ4n) is 4.66. The predicted molar refractivity (Wildman–Crippen MR) is 110 cm³/mol. The number of anilines is 1. The van der Waals surface area contributed by atoms with Crippen molar-refractivity contribution in [3.8, 4) is 0 Å². The summed E-state index contributed by atoms with van der Waals surface area (Å²) in [5.41, 5.74) is 4.52. The SMILES string of the molecule is CCN(CC)C(=O)c1ccc2c(c1)C1NCCCC1C(c1ccccc1)N2. The number of carbonyl (C=O) groups is 1. The van der Waals surface area contributed by atoms with E-state index in [1.807, 2.05) is 24.8 Å². The first-order valence-electron chi connectivity index (χ1n) is 10.2. The summed E-state index contributed by atoms with van der Waals surface area (Å²) in [5.74, 6) is 0.618. The van der Waals surface area contributed by atoms with Crippen LogP contribution in [0.4, 0.5) is 5.69 Å². The minimum Gasteiger partial charge on any atom is -0.378 e. The summed E-state index contributed by atoms with van der Waals surface area (Å²) in [5, 5.41) is 7.51. The smallest absolute Gasteiger partial charge is 0.253 e. The van der Waals surface area contributed by atoms with Crippen molar-refractivity contribution in [3.05, 3.63) is 65.2 Å². The van der Waals surface area contributed by atoms with Gasteiger partial charge in [-0.3, -0.25) is 4.79 Å². The average molecular weight is 364 g/mol. The molecule has 27 heavy (non-hydrogen) atoms. The third-order valence-corrected chi connectivity index (χ3v) is 6.09. The molecule has 0 aliphatic carbocycles. The number of rotatable bonds is 4. The fourth-order valence-corrected chi connectivity index (χ4v) is 4.66. The summed E-state index contributed by atoms with van der Waals surface area (Å²) in [6, 6.07) is 17.5. The molecule has 0 saturated carbocycles. The zero-order chi connectivity index (χ0) is 18.8. The number of fused-ring (bicyclic) bond motifs is 3. The molecule has 142 valence electrons. The third-order valence-electron chi connectivity index (χ3n) is 6.09. The molecule has 2 N–H and O–H groups in total. The van der Waals surface area contributed by atoms with E-state index in [0.717, 1.165) is 30.9 Å². The van der Waals surface area contributed by atoms with Crippen LogP contribution in [0.5, 0.6) is 0 Å². The van der Waals surface area contributed by atoms with Crippen molar-refractivity contribution >= 4 is 11.6 Å². The minimum absolute atomic E-state index is 0.125. The average Bonchev–Trinajstić information content (AvgIpc) is 2.74. The quantitative estimate of drug-likeness (QED) is 0.847. The highest BCUT2D eigenvalue weighted by Crippen LogP contribution is 2.47. The van der Waals surface area contributed by atoms with Crippen molar-refractivity contribution in [2.24, 2.45) is 5.92 Å². The van der Waals surface area contributed by atoms with Crippen LogP contribution in [0.1, 0.15) is 60.3 Å². The van der Waals surface area contributed by atoms with Crippen LogP contribution in [-0.2, 0) is 0 Å². The molecule has 2 aromatic carbocycles. The Kier molecular flexibility index (Phi) is 5.17. The lowest BCUT2D eigenvalue weighted by Gasteiger charge is -2.44. The molecule has 2 aliphatic heterocycles. The van der Waals surface area contributed by atoms with Gasteiger partial charge in [0, 0.05) is 36.3 Å². The lowest BCUT2D eigenvalue weighted by molar-refractivity contribution is 0.0772. The van der Waals surface area contributed by atoms with Crippen molar-refractivity contribution in [1.82, 2.24) is 10.2 Å². The van der Waals surface area contributed by atoms with Gasteiger partial charge in [0.25, 0.3) is 5.91 Å². The van der Waals surface area contributed by atoms with Gasteiger partial charge in [0.15, 0.2) is 0 Å². The Balaban J connectivity index is 1.71. The normalized spacial score (nSPS) is 23.7. The van der Waals surface area contributed by atoms with Crippen molar-refractivity contribution in [1.29, 1.82) is 0 Å². The van der Waals surface area contributed by atoms with Gasteiger partial charge in [0.05, 0.1) is 6.04 Å². The molecule has 4 heteroatoms. The highest BCUT2D eigenvalue weighted by Gasteiger charge is 2.39. The molecule has 0 spiro atoms. The van der Waals surface area contributed by atoms with Gasteiger partial charge in [-0.15, -0.1) is 0 Å². The number of nitrogens with one attached hydrogen (secondary N) is 2. The van der Waals surface area contributed by atoms with Crippen LogP contribution in [0.2, 0.25) is 0 Å². The first-order valence-corrected chi connectivity index (χ1v) is 10.2. The van der Waals surface area contributed by atoms with E-state index >= 15 is 0 Å². The van der Waals surface area contributed by atoms with E-state index in [9.17, 15) is 4.79 Å². The molecular formula is C23H29N3O. The summed E-state index contributed by atoms with van der Waals surface area (Å²) in [6.45, 7) is 6.58. The molecule has 1 amide bonds. The molecule has 2 aliphatic rings. The lowest BCUT2D eigenvalue weighted by atomic mass is 9.75. The zero-order valence-electron chi connectivity index (χ0n) is 16.2. The van der Waals surface area contributed by atoms with Crippen LogP contribution in [0, 0.1) is 5.92 Å². The van der Waals surface area contributed by atoms with Gasteiger partial charge < -0.3 is 15.5 Å². The van der Waals surface area contributed by atoms with Crippen LogP contribution in [0.15, 0.2) is 48.5 Å². The second-order valence-corrected chi connectivity index (χ2v) is 7.55. The number of carbonyl (C=O) groups excluding carboxylic acids is 1. The third kappa shape index (κ3) is 3.34. The van der Waals surface area contributed by atoms with E-state index < -0.39 is 0 Å². The summed E-state index contributed by atoms with van der Waals surface area (Å²) in [4.78, 5) is 14.7. The molecule has 0 radical (unpaired) electrons. The van der Waals surface area contributed by atoms with Gasteiger partial charge in [-0.2, -0.15) is 0 Å². The molecule has 1 fully saturated rings. The van der Waals surface area contributed by atoms with E-state index in [0.29, 0.717) is 18.0 Å². The van der Waals surface area contributed by atoms with Crippen molar-refractivity contribution in [2.45, 2.75) is 38.8 Å². The Morgan fingerprint density at radius 3 is 2.59 bits per heavy atom. The van der Waals surface area contributed by atoms with E-state index in [1.54, 1.807) is 0 Å². The monoisotopic (exact) mass is 363 g/mol. The van der Waals surface area contributed by atoms with Crippen molar-refractivity contribution in [2.75, 3.05) is 25.0 Å². The Hall–Kier alpha value is -2.33. The maximum atomic E-state index is 12.8. The van der Waals surface area contributed by atoms with Crippen LogP contribution < -0.4 is 10.6 Å². The number of hydrogen-bond acceptors (Lipinski definition) is 3. The molecule has 3 unspecified atom stereocenters. The van der Waals surface area contributed by atoms with E-state index in [-0.39, 0.29) is 5.91 Å². The van der Waals surface area contributed by atoms with Gasteiger partial charge in [0.2, 0.25) is 0 Å². The maximum Gasteiger partial charge on any atom is 0.253 e. The first-order chi connectivity index (χ1) is 13.2. The van der Waals surface area contributed by atoms with Crippen LogP contribution in [0.25, 0.3) is 0 Å². The molecule has 0 bridgehead atoms. The van der Waals surface area contributed by atoms with E-state index in [1.165, 1.54) is 24.0 Å².